The van der Waals surface area contributed by atoms with E-state index in [1.54, 1.807) is 25.3 Å². The monoisotopic (exact) mass is 298 g/mol. The molecule has 17 heavy (non-hydrogen) atoms. The first-order chi connectivity index (χ1) is 8.06. The molecule has 1 heterocycles. The molecule has 2 rings (SSSR count). The molecular formula is C12H11BrO4. The van der Waals surface area contributed by atoms with E-state index in [-0.39, 0.29) is 0 Å². The summed E-state index contributed by atoms with van der Waals surface area (Å²) in [5, 5.41) is 9.87. The number of carboxylic acids is 1. The first-order valence-corrected chi connectivity index (χ1v) is 5.82. The molecule has 1 atom stereocenters. The summed E-state index contributed by atoms with van der Waals surface area (Å²) in [6.45, 7) is 1.63. The number of hydrogen-bond acceptors (Lipinski definition) is 3. The van der Waals surface area contributed by atoms with Crippen LogP contribution in [0.1, 0.15) is 18.4 Å². The van der Waals surface area contributed by atoms with Gasteiger partial charge in [0.1, 0.15) is 0 Å². The molecule has 0 spiro atoms. The molecule has 1 aromatic carbocycles. The lowest BCUT2D eigenvalue weighted by Crippen LogP contribution is -2.08. The van der Waals surface area contributed by atoms with Crippen LogP contribution in [-0.2, 0) is 4.79 Å². The molecule has 0 saturated heterocycles. The zero-order valence-electron chi connectivity index (χ0n) is 9.36. The molecule has 0 aliphatic rings. The van der Waals surface area contributed by atoms with Crippen LogP contribution in [0, 0.1) is 0 Å². The van der Waals surface area contributed by atoms with Gasteiger partial charge in [-0.05, 0) is 40.5 Å². The van der Waals surface area contributed by atoms with Crippen molar-refractivity contribution in [1.29, 1.82) is 0 Å². The van der Waals surface area contributed by atoms with Crippen LogP contribution in [0.3, 0.4) is 0 Å². The first kappa shape index (κ1) is 12.0. The van der Waals surface area contributed by atoms with E-state index in [1.165, 1.54) is 7.11 Å². The standard InChI is InChI=1S/C12H11BrO4/c1-6(12(14)15)8-5-9(16-2)11-7(10(8)13)3-4-17-11/h3-6H,1-2H3,(H,14,15). The van der Waals surface area contributed by atoms with E-state index in [0.29, 0.717) is 16.9 Å². The second kappa shape index (κ2) is 4.41. The molecule has 0 amide bonds. The Bertz CT molecular complexity index is 573. The summed E-state index contributed by atoms with van der Waals surface area (Å²) in [5.41, 5.74) is 1.28. The topological polar surface area (TPSA) is 59.7 Å². The van der Waals surface area contributed by atoms with Gasteiger partial charge in [-0.2, -0.15) is 0 Å². The van der Waals surface area contributed by atoms with Crippen LogP contribution in [0.4, 0.5) is 0 Å². The average Bonchev–Trinajstić information content (AvgIpc) is 2.78. The zero-order valence-corrected chi connectivity index (χ0v) is 10.9. The van der Waals surface area contributed by atoms with Gasteiger partial charge in [-0.25, -0.2) is 0 Å². The number of rotatable bonds is 3. The van der Waals surface area contributed by atoms with Crippen molar-refractivity contribution in [3.05, 3.63) is 28.4 Å². The second-order valence-corrected chi connectivity index (χ2v) is 4.50. The molecule has 90 valence electrons. The molecule has 0 aliphatic carbocycles. The maximum Gasteiger partial charge on any atom is 0.310 e. The van der Waals surface area contributed by atoms with Crippen molar-refractivity contribution in [2.45, 2.75) is 12.8 Å². The molecule has 1 unspecified atom stereocenters. The number of furan rings is 1. The maximum absolute atomic E-state index is 11.0. The minimum Gasteiger partial charge on any atom is -0.493 e. The van der Waals surface area contributed by atoms with Gasteiger partial charge in [0.25, 0.3) is 0 Å². The Hall–Kier alpha value is -1.49. The second-order valence-electron chi connectivity index (χ2n) is 3.71. The van der Waals surface area contributed by atoms with Gasteiger partial charge in [0.15, 0.2) is 11.3 Å². The Morgan fingerprint density at radius 1 is 1.59 bits per heavy atom. The summed E-state index contributed by atoms with van der Waals surface area (Å²) in [7, 11) is 1.53. The quantitative estimate of drug-likeness (QED) is 0.943. The van der Waals surface area contributed by atoms with E-state index >= 15 is 0 Å². The van der Waals surface area contributed by atoms with Crippen molar-refractivity contribution in [2.24, 2.45) is 0 Å². The molecular weight excluding hydrogens is 288 g/mol. The number of methoxy groups -OCH3 is 1. The van der Waals surface area contributed by atoms with Gasteiger partial charge < -0.3 is 14.3 Å². The van der Waals surface area contributed by atoms with Gasteiger partial charge in [-0.15, -0.1) is 0 Å². The normalized spacial score (nSPS) is 12.6. The highest BCUT2D eigenvalue weighted by Crippen LogP contribution is 2.38. The third kappa shape index (κ3) is 1.91. The van der Waals surface area contributed by atoms with Crippen molar-refractivity contribution in [2.75, 3.05) is 7.11 Å². The summed E-state index contributed by atoms with van der Waals surface area (Å²) in [6.07, 6.45) is 1.55. The lowest BCUT2D eigenvalue weighted by Gasteiger charge is -2.12. The fourth-order valence-corrected chi connectivity index (χ4v) is 2.47. The predicted octanol–water partition coefficient (Wildman–Crippen LogP) is 3.39. The third-order valence-electron chi connectivity index (χ3n) is 2.72. The molecule has 5 heteroatoms. The Morgan fingerprint density at radius 2 is 2.29 bits per heavy atom. The van der Waals surface area contributed by atoms with E-state index in [9.17, 15) is 4.79 Å². The minimum atomic E-state index is -0.879. The molecule has 0 radical (unpaired) electrons. The SMILES string of the molecule is COc1cc(C(C)C(=O)O)c(Br)c2ccoc12. The summed E-state index contributed by atoms with van der Waals surface area (Å²) in [4.78, 5) is 11.0. The van der Waals surface area contributed by atoms with E-state index in [4.69, 9.17) is 14.3 Å². The largest absolute Gasteiger partial charge is 0.493 e. The number of aliphatic carboxylic acids is 1. The van der Waals surface area contributed by atoms with Gasteiger partial charge in [-0.1, -0.05) is 0 Å². The first-order valence-electron chi connectivity index (χ1n) is 5.02. The molecule has 0 aliphatic heterocycles. The smallest absolute Gasteiger partial charge is 0.310 e. The molecule has 4 nitrogen and oxygen atoms in total. The molecule has 0 fully saturated rings. The number of benzene rings is 1. The number of halogens is 1. The van der Waals surface area contributed by atoms with Crippen LogP contribution in [0.25, 0.3) is 11.0 Å². The van der Waals surface area contributed by atoms with Crippen molar-refractivity contribution >= 4 is 32.9 Å². The van der Waals surface area contributed by atoms with Crippen LogP contribution < -0.4 is 4.74 Å². The highest BCUT2D eigenvalue weighted by atomic mass is 79.9. The summed E-state index contributed by atoms with van der Waals surface area (Å²) < 4.78 is 11.3. The number of ether oxygens (including phenoxy) is 1. The summed E-state index contributed by atoms with van der Waals surface area (Å²) in [5.74, 6) is -0.954. The molecule has 2 aromatic rings. The van der Waals surface area contributed by atoms with Crippen molar-refractivity contribution in [3.8, 4) is 5.75 Å². The fraction of sp³-hybridized carbons (Fsp3) is 0.250. The van der Waals surface area contributed by atoms with Crippen molar-refractivity contribution in [3.63, 3.8) is 0 Å². The average molecular weight is 299 g/mol. The molecule has 0 saturated carbocycles. The predicted molar refractivity (Wildman–Crippen MR) is 66.5 cm³/mol. The highest BCUT2D eigenvalue weighted by Gasteiger charge is 2.21. The number of fused-ring (bicyclic) bond motifs is 1. The Morgan fingerprint density at radius 3 is 2.88 bits per heavy atom. The lowest BCUT2D eigenvalue weighted by atomic mass is 9.99. The van der Waals surface area contributed by atoms with E-state index in [0.717, 1.165) is 9.86 Å². The number of carboxylic acid groups (broad SMARTS) is 1. The van der Waals surface area contributed by atoms with E-state index in [1.807, 2.05) is 0 Å². The Kier molecular flexibility index (Phi) is 3.11. The lowest BCUT2D eigenvalue weighted by molar-refractivity contribution is -0.138. The van der Waals surface area contributed by atoms with E-state index < -0.39 is 11.9 Å². The third-order valence-corrected chi connectivity index (χ3v) is 3.61. The van der Waals surface area contributed by atoms with Gasteiger partial charge in [0, 0.05) is 9.86 Å². The van der Waals surface area contributed by atoms with Gasteiger partial charge >= 0.3 is 5.97 Å². The number of hydrogen-bond donors (Lipinski definition) is 1. The Balaban J connectivity index is 2.71. The van der Waals surface area contributed by atoms with Crippen LogP contribution in [-0.4, -0.2) is 18.2 Å². The molecule has 1 N–H and O–H groups in total. The summed E-state index contributed by atoms with van der Waals surface area (Å²) >= 11 is 3.41. The number of carbonyl (C=O) groups is 1. The summed E-state index contributed by atoms with van der Waals surface area (Å²) in [6, 6.07) is 3.47. The zero-order chi connectivity index (χ0) is 12.6. The van der Waals surface area contributed by atoms with Crippen LogP contribution in [0.2, 0.25) is 0 Å². The molecule has 1 aromatic heterocycles. The molecule has 0 bridgehead atoms. The highest BCUT2D eigenvalue weighted by molar-refractivity contribution is 9.10. The Labute approximate surface area is 106 Å². The van der Waals surface area contributed by atoms with Crippen LogP contribution in [0.5, 0.6) is 5.75 Å². The van der Waals surface area contributed by atoms with Crippen LogP contribution >= 0.6 is 15.9 Å². The van der Waals surface area contributed by atoms with Crippen LogP contribution in [0.15, 0.2) is 27.3 Å². The maximum atomic E-state index is 11.0. The van der Waals surface area contributed by atoms with Crippen molar-refractivity contribution < 1.29 is 19.1 Å². The fourth-order valence-electron chi connectivity index (χ4n) is 1.70. The minimum absolute atomic E-state index is 0.538. The van der Waals surface area contributed by atoms with Gasteiger partial charge in [-0.3, -0.25) is 4.79 Å². The van der Waals surface area contributed by atoms with Crippen molar-refractivity contribution in [1.82, 2.24) is 0 Å². The van der Waals surface area contributed by atoms with E-state index in [2.05, 4.69) is 15.9 Å². The van der Waals surface area contributed by atoms with Gasteiger partial charge in [0.2, 0.25) is 0 Å². The van der Waals surface area contributed by atoms with Gasteiger partial charge in [0.05, 0.1) is 19.3 Å².